The third-order valence-electron chi connectivity index (χ3n) is 1.28. The first-order valence-electron chi connectivity index (χ1n) is 2.87. The van der Waals surface area contributed by atoms with Gasteiger partial charge in [0.05, 0.1) is 11.6 Å². The van der Waals surface area contributed by atoms with E-state index in [1.165, 1.54) is 0 Å². The zero-order chi connectivity index (χ0) is 6.97. The Morgan fingerprint density at radius 2 is 2.60 bits per heavy atom. The maximum absolute atomic E-state index is 5.58. The van der Waals surface area contributed by atoms with E-state index in [0.29, 0.717) is 5.88 Å². The van der Waals surface area contributed by atoms with Crippen molar-refractivity contribution in [2.45, 2.75) is 5.88 Å². The second kappa shape index (κ2) is 2.25. The third kappa shape index (κ3) is 0.822. The van der Waals surface area contributed by atoms with Gasteiger partial charge in [-0.05, 0) is 0 Å². The summed E-state index contributed by atoms with van der Waals surface area (Å²) in [5, 5.41) is 2.00. The smallest absolute Gasteiger partial charge is 0.193 e. The molecule has 10 heavy (non-hydrogen) atoms. The minimum atomic E-state index is 0.494. The first-order chi connectivity index (χ1) is 4.90. The van der Waals surface area contributed by atoms with Crippen molar-refractivity contribution in [3.05, 3.63) is 23.5 Å². The monoisotopic (exact) mass is 172 g/mol. The fraction of sp³-hybridized carbons (Fsp3) is 0.167. The summed E-state index contributed by atoms with van der Waals surface area (Å²) in [5.74, 6) is 0.494. The lowest BCUT2D eigenvalue weighted by molar-refractivity contribution is 1.21. The highest BCUT2D eigenvalue weighted by Crippen LogP contribution is 2.11. The fourth-order valence-corrected chi connectivity index (χ4v) is 1.69. The Hall–Kier alpha value is -0.540. The fourth-order valence-electron chi connectivity index (χ4n) is 0.840. The van der Waals surface area contributed by atoms with Crippen molar-refractivity contribution in [3.8, 4) is 0 Å². The Morgan fingerprint density at radius 3 is 3.30 bits per heavy atom. The van der Waals surface area contributed by atoms with E-state index in [1.807, 2.05) is 22.2 Å². The zero-order valence-corrected chi connectivity index (χ0v) is 6.69. The Balaban J connectivity index is 2.67. The van der Waals surface area contributed by atoms with Crippen molar-refractivity contribution < 1.29 is 0 Å². The largest absolute Gasteiger partial charge is 0.297 e. The second-order valence-corrected chi connectivity index (χ2v) is 3.10. The minimum absolute atomic E-state index is 0.494. The van der Waals surface area contributed by atoms with E-state index in [2.05, 4.69) is 4.98 Å². The Kier molecular flexibility index (Phi) is 1.39. The number of nitrogens with zero attached hydrogens (tertiary/aromatic N) is 2. The molecule has 2 aromatic rings. The van der Waals surface area contributed by atoms with Gasteiger partial charge in [0.15, 0.2) is 4.96 Å². The van der Waals surface area contributed by atoms with Crippen LogP contribution >= 0.6 is 22.9 Å². The molecule has 0 aromatic carbocycles. The van der Waals surface area contributed by atoms with Crippen molar-refractivity contribution in [2.75, 3.05) is 0 Å². The molecule has 2 aromatic heterocycles. The number of fused-ring (bicyclic) bond motifs is 1. The molecule has 0 saturated carbocycles. The van der Waals surface area contributed by atoms with E-state index in [0.717, 1.165) is 10.7 Å². The Morgan fingerprint density at radius 1 is 1.70 bits per heavy atom. The lowest BCUT2D eigenvalue weighted by atomic mass is 10.6. The summed E-state index contributed by atoms with van der Waals surface area (Å²) in [6.45, 7) is 0. The van der Waals surface area contributed by atoms with E-state index >= 15 is 0 Å². The predicted molar refractivity (Wildman–Crippen MR) is 42.6 cm³/mol. The van der Waals surface area contributed by atoms with Gasteiger partial charge in [0.25, 0.3) is 0 Å². The van der Waals surface area contributed by atoms with Crippen LogP contribution in [-0.2, 0) is 5.88 Å². The summed E-state index contributed by atoms with van der Waals surface area (Å²) in [6.07, 6.45) is 3.92. The Bertz CT molecular complexity index is 309. The quantitative estimate of drug-likeness (QED) is 0.603. The standard InChI is InChI=1S/C6H5ClN2S/c7-3-5-4-9-1-2-10-6(9)8-5/h1-2,4H,3H2. The molecule has 0 amide bonds. The molecule has 2 nitrogen and oxygen atoms in total. The molecular formula is C6H5ClN2S. The van der Waals surface area contributed by atoms with Gasteiger partial charge in [0, 0.05) is 17.8 Å². The molecule has 0 unspecified atom stereocenters. The number of hydrogen-bond acceptors (Lipinski definition) is 2. The molecule has 0 atom stereocenters. The average Bonchev–Trinajstić information content (AvgIpc) is 2.42. The molecule has 0 aliphatic carbocycles. The van der Waals surface area contributed by atoms with Gasteiger partial charge < -0.3 is 0 Å². The van der Waals surface area contributed by atoms with Crippen LogP contribution in [0.5, 0.6) is 0 Å². The van der Waals surface area contributed by atoms with Gasteiger partial charge in [-0.15, -0.1) is 22.9 Å². The van der Waals surface area contributed by atoms with Gasteiger partial charge in [-0.25, -0.2) is 4.98 Å². The highest BCUT2D eigenvalue weighted by atomic mass is 35.5. The third-order valence-corrected chi connectivity index (χ3v) is 2.32. The lowest BCUT2D eigenvalue weighted by Gasteiger charge is -1.77. The van der Waals surface area contributed by atoms with Crippen molar-refractivity contribution >= 4 is 27.9 Å². The first kappa shape index (κ1) is 6.19. The maximum atomic E-state index is 5.58. The van der Waals surface area contributed by atoms with Gasteiger partial charge in [-0.2, -0.15) is 0 Å². The molecule has 0 bridgehead atoms. The van der Waals surface area contributed by atoms with Crippen molar-refractivity contribution in [2.24, 2.45) is 0 Å². The number of aromatic nitrogens is 2. The van der Waals surface area contributed by atoms with E-state index in [9.17, 15) is 0 Å². The van der Waals surface area contributed by atoms with Gasteiger partial charge in [-0.1, -0.05) is 0 Å². The summed E-state index contributed by atoms with van der Waals surface area (Å²) < 4.78 is 1.97. The highest BCUT2D eigenvalue weighted by molar-refractivity contribution is 7.15. The number of thiazole rings is 1. The van der Waals surface area contributed by atoms with Gasteiger partial charge in [0.2, 0.25) is 0 Å². The summed E-state index contributed by atoms with van der Waals surface area (Å²) >= 11 is 7.20. The molecule has 0 radical (unpaired) electrons. The van der Waals surface area contributed by atoms with Crippen molar-refractivity contribution in [1.82, 2.24) is 9.38 Å². The van der Waals surface area contributed by atoms with Crippen LogP contribution in [0.3, 0.4) is 0 Å². The summed E-state index contributed by atoms with van der Waals surface area (Å²) in [7, 11) is 0. The van der Waals surface area contributed by atoms with Crippen molar-refractivity contribution in [1.29, 1.82) is 0 Å². The zero-order valence-electron chi connectivity index (χ0n) is 5.12. The van der Waals surface area contributed by atoms with E-state index in [-0.39, 0.29) is 0 Å². The molecule has 0 fully saturated rings. The SMILES string of the molecule is ClCc1cn2ccsc2n1. The van der Waals surface area contributed by atoms with Crippen LogP contribution in [-0.4, -0.2) is 9.38 Å². The first-order valence-corrected chi connectivity index (χ1v) is 4.28. The number of imidazole rings is 1. The molecule has 0 saturated heterocycles. The van der Waals surface area contributed by atoms with E-state index in [4.69, 9.17) is 11.6 Å². The topological polar surface area (TPSA) is 17.3 Å². The summed E-state index contributed by atoms with van der Waals surface area (Å²) in [5.41, 5.74) is 0.938. The second-order valence-electron chi connectivity index (χ2n) is 1.96. The van der Waals surface area contributed by atoms with Crippen LogP contribution in [0.2, 0.25) is 0 Å². The van der Waals surface area contributed by atoms with Gasteiger partial charge in [-0.3, -0.25) is 4.40 Å². The molecule has 0 aliphatic rings. The lowest BCUT2D eigenvalue weighted by Crippen LogP contribution is -1.72. The molecular weight excluding hydrogens is 168 g/mol. The van der Waals surface area contributed by atoms with E-state index in [1.54, 1.807) is 11.3 Å². The maximum Gasteiger partial charge on any atom is 0.193 e. The van der Waals surface area contributed by atoms with Crippen LogP contribution in [0, 0.1) is 0 Å². The van der Waals surface area contributed by atoms with Crippen LogP contribution < -0.4 is 0 Å². The van der Waals surface area contributed by atoms with Crippen LogP contribution in [0.1, 0.15) is 5.69 Å². The van der Waals surface area contributed by atoms with Crippen LogP contribution in [0.15, 0.2) is 17.8 Å². The average molecular weight is 173 g/mol. The predicted octanol–water partition coefficient (Wildman–Crippen LogP) is 2.13. The summed E-state index contributed by atoms with van der Waals surface area (Å²) in [4.78, 5) is 5.25. The summed E-state index contributed by atoms with van der Waals surface area (Å²) in [6, 6.07) is 0. The molecule has 52 valence electrons. The molecule has 0 N–H and O–H groups in total. The van der Waals surface area contributed by atoms with Gasteiger partial charge in [0.1, 0.15) is 0 Å². The highest BCUT2D eigenvalue weighted by Gasteiger charge is 1.98. The molecule has 2 heterocycles. The number of rotatable bonds is 1. The van der Waals surface area contributed by atoms with Crippen LogP contribution in [0.4, 0.5) is 0 Å². The molecule has 4 heteroatoms. The minimum Gasteiger partial charge on any atom is -0.297 e. The van der Waals surface area contributed by atoms with Gasteiger partial charge >= 0.3 is 0 Å². The van der Waals surface area contributed by atoms with E-state index < -0.39 is 0 Å². The van der Waals surface area contributed by atoms with Crippen LogP contribution in [0.25, 0.3) is 4.96 Å². The Labute approximate surface area is 67.1 Å². The molecule has 0 spiro atoms. The number of halogens is 1. The number of alkyl halides is 1. The molecule has 2 rings (SSSR count). The number of hydrogen-bond donors (Lipinski definition) is 0. The molecule has 0 aliphatic heterocycles. The normalized spacial score (nSPS) is 10.9. The van der Waals surface area contributed by atoms with Crippen molar-refractivity contribution in [3.63, 3.8) is 0 Å².